The minimum absolute atomic E-state index is 0.0326. The van der Waals surface area contributed by atoms with Crippen molar-refractivity contribution in [3.63, 3.8) is 0 Å². The van der Waals surface area contributed by atoms with E-state index >= 15 is 0 Å². The van der Waals surface area contributed by atoms with Crippen LogP contribution < -0.4 is 21.6 Å². The van der Waals surface area contributed by atoms with E-state index in [4.69, 9.17) is 23.2 Å². The summed E-state index contributed by atoms with van der Waals surface area (Å²) in [4.78, 5) is 8.92. The second-order valence-electron chi connectivity index (χ2n) is 8.58. The van der Waals surface area contributed by atoms with Crippen LogP contribution in [0.15, 0.2) is 59.3 Å². The second kappa shape index (κ2) is 10.4. The van der Waals surface area contributed by atoms with Crippen LogP contribution in [0.3, 0.4) is 0 Å². The van der Waals surface area contributed by atoms with Crippen molar-refractivity contribution < 1.29 is 4.39 Å². The zero-order chi connectivity index (χ0) is 26.1. The zero-order valence-corrected chi connectivity index (χ0v) is 22.0. The van der Waals surface area contributed by atoms with E-state index in [9.17, 15) is 9.65 Å². The Morgan fingerprint density at radius 2 is 1.95 bits per heavy atom. The molecule has 4 aromatic rings. The van der Waals surface area contributed by atoms with Crippen LogP contribution in [0.4, 0.5) is 21.5 Å². The van der Waals surface area contributed by atoms with Gasteiger partial charge in [0.05, 0.1) is 43.7 Å². The predicted octanol–water partition coefficient (Wildman–Crippen LogP) is 6.48. The summed E-state index contributed by atoms with van der Waals surface area (Å²) in [6.07, 6.45) is 3.44. The highest BCUT2D eigenvalue weighted by molar-refractivity contribution is 7.07. The van der Waals surface area contributed by atoms with Gasteiger partial charge in [0, 0.05) is 40.6 Å². The van der Waals surface area contributed by atoms with Gasteiger partial charge in [-0.1, -0.05) is 23.2 Å². The maximum Gasteiger partial charge on any atom is 0.141 e. The van der Waals surface area contributed by atoms with E-state index in [1.165, 1.54) is 29.7 Å². The van der Waals surface area contributed by atoms with E-state index in [1.807, 2.05) is 22.7 Å². The molecule has 0 saturated carbocycles. The molecule has 0 amide bonds. The summed E-state index contributed by atoms with van der Waals surface area (Å²) in [6, 6.07) is 9.99. The maximum absolute atomic E-state index is 13.7. The molecule has 0 bridgehead atoms. The van der Waals surface area contributed by atoms with E-state index in [0.717, 1.165) is 11.4 Å². The Bertz CT molecular complexity index is 1530. The number of hydrogen-bond acceptors (Lipinski definition) is 9. The van der Waals surface area contributed by atoms with Gasteiger partial charge in [0.2, 0.25) is 0 Å². The first-order chi connectivity index (χ1) is 17.8. The maximum atomic E-state index is 13.7. The Hall–Kier alpha value is -3.62. The van der Waals surface area contributed by atoms with Gasteiger partial charge in [0.25, 0.3) is 0 Å². The molecule has 4 N–H and O–H groups in total. The third-order valence-corrected chi connectivity index (χ3v) is 6.95. The quantitative estimate of drug-likeness (QED) is 0.206. The van der Waals surface area contributed by atoms with Gasteiger partial charge >= 0.3 is 0 Å². The van der Waals surface area contributed by atoms with Crippen molar-refractivity contribution in [1.82, 2.24) is 25.9 Å². The predicted molar refractivity (Wildman–Crippen MR) is 146 cm³/mol. The van der Waals surface area contributed by atoms with Crippen molar-refractivity contribution in [3.05, 3.63) is 86.4 Å². The van der Waals surface area contributed by atoms with Crippen LogP contribution in [-0.2, 0) is 0 Å². The molecule has 0 fully saturated rings. The number of rotatable bonds is 7. The van der Waals surface area contributed by atoms with E-state index < -0.39 is 5.82 Å². The van der Waals surface area contributed by atoms with Gasteiger partial charge in [-0.25, -0.2) is 9.37 Å². The molecule has 1 aliphatic heterocycles. The summed E-state index contributed by atoms with van der Waals surface area (Å²) >= 11 is 14.1. The first kappa shape index (κ1) is 25.0. The van der Waals surface area contributed by atoms with Crippen LogP contribution in [0.2, 0.25) is 10.0 Å². The molecule has 3 heterocycles. The zero-order valence-electron chi connectivity index (χ0n) is 19.7. The number of aromatic nitrogens is 2. The molecule has 12 heteroatoms. The van der Waals surface area contributed by atoms with Crippen molar-refractivity contribution >= 4 is 62.5 Å². The van der Waals surface area contributed by atoms with Crippen molar-refractivity contribution in [2.24, 2.45) is 0 Å². The Morgan fingerprint density at radius 1 is 1.14 bits per heavy atom. The van der Waals surface area contributed by atoms with Crippen LogP contribution in [-0.4, -0.2) is 21.0 Å². The molecule has 2 aromatic heterocycles. The van der Waals surface area contributed by atoms with Gasteiger partial charge in [0.1, 0.15) is 17.9 Å². The third-order valence-electron chi connectivity index (χ3n) is 5.77. The van der Waals surface area contributed by atoms with Crippen LogP contribution in [0.5, 0.6) is 0 Å². The smallest absolute Gasteiger partial charge is 0.141 e. The van der Waals surface area contributed by atoms with E-state index in [1.54, 1.807) is 17.6 Å². The molecule has 0 saturated heterocycles. The van der Waals surface area contributed by atoms with E-state index in [-0.39, 0.29) is 17.1 Å². The standard InChI is InChI=1S/C25H21Cl2FN8S/c1-13(2)36-10-21(34-35-36)25(22-11-37-12-31-22)33-16-5-17-23(32-15-3-4-20(28)18(26)6-15)14(8-29)9-30-24(17)19(27)7-16/h3-7,9-13,25,33-35H,1-2H3,(H,30,32)/t25-/m1/s1. The van der Waals surface area contributed by atoms with Gasteiger partial charge in [0.15, 0.2) is 0 Å². The summed E-state index contributed by atoms with van der Waals surface area (Å²) in [5, 5.41) is 21.4. The van der Waals surface area contributed by atoms with Gasteiger partial charge in [-0.3, -0.25) is 9.99 Å². The number of fused-ring (bicyclic) bond motifs is 1. The molecular formula is C25H21Cl2FN8S. The van der Waals surface area contributed by atoms with Crippen LogP contribution in [0.1, 0.15) is 31.1 Å². The monoisotopic (exact) mass is 554 g/mol. The molecule has 0 unspecified atom stereocenters. The van der Waals surface area contributed by atoms with E-state index in [2.05, 4.69) is 51.5 Å². The summed E-state index contributed by atoms with van der Waals surface area (Å²) in [5.41, 5.74) is 12.3. The molecule has 8 nitrogen and oxygen atoms in total. The topological polar surface area (TPSA) is 101 Å². The molecule has 188 valence electrons. The lowest BCUT2D eigenvalue weighted by Gasteiger charge is -2.20. The highest BCUT2D eigenvalue weighted by Crippen LogP contribution is 2.37. The Balaban J connectivity index is 1.58. The largest absolute Gasteiger partial charge is 0.371 e. The number of nitriles is 1. The number of nitrogens with one attached hydrogen (secondary N) is 4. The molecule has 0 spiro atoms. The number of anilines is 3. The number of thiazole rings is 1. The van der Waals surface area contributed by atoms with Gasteiger partial charge in [-0.15, -0.1) is 16.9 Å². The average Bonchev–Trinajstić information content (AvgIpc) is 3.58. The third kappa shape index (κ3) is 5.12. The molecule has 1 aliphatic rings. The number of halogens is 3. The van der Waals surface area contributed by atoms with E-state index in [0.29, 0.717) is 38.6 Å². The lowest BCUT2D eigenvalue weighted by atomic mass is 10.1. The molecule has 0 radical (unpaired) electrons. The Kier molecular flexibility index (Phi) is 7.04. The fraction of sp³-hybridized carbons (Fsp3) is 0.160. The first-order valence-electron chi connectivity index (χ1n) is 11.2. The van der Waals surface area contributed by atoms with Gasteiger partial charge in [-0.05, 0) is 44.2 Å². The van der Waals surface area contributed by atoms with Crippen LogP contribution in [0, 0.1) is 17.1 Å². The Labute approximate surface area is 226 Å². The normalized spacial score (nSPS) is 13.9. The molecule has 37 heavy (non-hydrogen) atoms. The van der Waals surface area contributed by atoms with Crippen molar-refractivity contribution in [2.45, 2.75) is 25.9 Å². The second-order valence-corrected chi connectivity index (χ2v) is 10.1. The number of hydrazine groups is 2. The van der Waals surface area contributed by atoms with Gasteiger partial charge < -0.3 is 16.1 Å². The molecule has 1 atom stereocenters. The van der Waals surface area contributed by atoms with Crippen molar-refractivity contribution in [3.8, 4) is 6.07 Å². The summed E-state index contributed by atoms with van der Waals surface area (Å²) in [7, 11) is 0. The number of pyridine rings is 1. The van der Waals surface area contributed by atoms with Crippen LogP contribution in [0.25, 0.3) is 10.9 Å². The lowest BCUT2D eigenvalue weighted by Crippen LogP contribution is -2.41. The summed E-state index contributed by atoms with van der Waals surface area (Å²) < 4.78 is 13.7. The minimum atomic E-state index is -0.532. The van der Waals surface area contributed by atoms with Crippen molar-refractivity contribution in [2.75, 3.05) is 10.6 Å². The number of benzene rings is 2. The molecule has 2 aromatic carbocycles. The fourth-order valence-electron chi connectivity index (χ4n) is 3.89. The highest BCUT2D eigenvalue weighted by Gasteiger charge is 2.25. The SMILES string of the molecule is CC(C)N1C=C([C@@H](Nc2cc(Cl)c3ncc(C#N)c(Nc4ccc(F)c(Cl)c4)c3c2)c2cscn2)NN1. The number of nitrogens with zero attached hydrogens (tertiary/aromatic N) is 4. The number of hydrogen-bond donors (Lipinski definition) is 4. The van der Waals surface area contributed by atoms with Crippen molar-refractivity contribution in [1.29, 1.82) is 5.26 Å². The molecule has 5 rings (SSSR count). The van der Waals surface area contributed by atoms with Gasteiger partial charge in [-0.2, -0.15) is 5.26 Å². The summed E-state index contributed by atoms with van der Waals surface area (Å²) in [6.45, 7) is 4.15. The average molecular weight is 555 g/mol. The van der Waals surface area contributed by atoms with Crippen LogP contribution >= 0.6 is 34.5 Å². The highest BCUT2D eigenvalue weighted by atomic mass is 35.5. The molecular weight excluding hydrogens is 534 g/mol. The summed E-state index contributed by atoms with van der Waals surface area (Å²) in [5.74, 6) is -0.532. The minimum Gasteiger partial charge on any atom is -0.371 e. The lowest BCUT2D eigenvalue weighted by molar-refractivity contribution is 0.220. The molecule has 0 aliphatic carbocycles. The Morgan fingerprint density at radius 3 is 2.62 bits per heavy atom. The fourth-order valence-corrected chi connectivity index (χ4v) is 4.92. The first-order valence-corrected chi connectivity index (χ1v) is 12.9.